The molecule has 280 valence electrons. The van der Waals surface area contributed by atoms with Gasteiger partial charge in [-0.1, -0.05) is 212 Å². The van der Waals surface area contributed by atoms with E-state index < -0.39 is 18.2 Å². The van der Waals surface area contributed by atoms with Crippen LogP contribution >= 0.6 is 0 Å². The molecule has 5 heteroatoms. The summed E-state index contributed by atoms with van der Waals surface area (Å²) in [6, 6.07) is -0.738. The molecule has 0 aromatic carbocycles. The van der Waals surface area contributed by atoms with Gasteiger partial charge < -0.3 is 20.6 Å². The van der Waals surface area contributed by atoms with Crippen LogP contribution in [0.2, 0.25) is 0 Å². The zero-order valence-electron chi connectivity index (χ0n) is 31.7. The normalized spacial score (nSPS) is 13.7. The molecule has 47 heavy (non-hydrogen) atoms. The maximum Gasteiger partial charge on any atom is 0.222 e. The van der Waals surface area contributed by atoms with Crippen LogP contribution in [0.3, 0.4) is 0 Å². The quantitative estimate of drug-likeness (QED) is 0.0390. The molecule has 0 heterocycles. The standard InChI is InChI=1S/C42H83NO4/c1-3-5-7-9-11-13-15-17-19-20-21-22-23-25-27-29-31-33-35-39(45)37-42(47)43-40(38-44)41(46)36-34-32-30-28-26-24-18-16-14-12-10-8-6-4-2/h34,36,39-41,44-46H,3-33,35,37-38H2,1-2H3,(H,43,47)/b36-34+. The van der Waals surface area contributed by atoms with Gasteiger partial charge in [-0.3, -0.25) is 4.79 Å². The van der Waals surface area contributed by atoms with Crippen molar-refractivity contribution >= 4 is 5.91 Å². The van der Waals surface area contributed by atoms with Crippen molar-refractivity contribution in [2.24, 2.45) is 0 Å². The van der Waals surface area contributed by atoms with Crippen LogP contribution in [0.1, 0.15) is 226 Å². The Morgan fingerprint density at radius 2 is 0.872 bits per heavy atom. The molecule has 0 aliphatic carbocycles. The molecule has 0 saturated carbocycles. The third-order valence-electron chi connectivity index (χ3n) is 9.82. The van der Waals surface area contributed by atoms with Gasteiger partial charge in [0.2, 0.25) is 5.91 Å². The average molecular weight is 666 g/mol. The molecule has 1 amide bonds. The SMILES string of the molecule is CCCCCCCCCCCCCC/C=C/C(O)C(CO)NC(=O)CC(O)CCCCCCCCCCCCCCCCCCCC. The molecule has 0 spiro atoms. The third-order valence-corrected chi connectivity index (χ3v) is 9.82. The van der Waals surface area contributed by atoms with Crippen LogP contribution in [-0.2, 0) is 4.79 Å². The van der Waals surface area contributed by atoms with Crippen LogP contribution in [0, 0.1) is 0 Å². The average Bonchev–Trinajstić information content (AvgIpc) is 3.06. The lowest BCUT2D eigenvalue weighted by atomic mass is 10.0. The Morgan fingerprint density at radius 3 is 1.23 bits per heavy atom. The number of unbranched alkanes of at least 4 members (excludes halogenated alkanes) is 29. The first-order chi connectivity index (χ1) is 23.0. The van der Waals surface area contributed by atoms with Crippen molar-refractivity contribution in [1.29, 1.82) is 0 Å². The summed E-state index contributed by atoms with van der Waals surface area (Å²) < 4.78 is 0. The van der Waals surface area contributed by atoms with Gasteiger partial charge in [-0.2, -0.15) is 0 Å². The van der Waals surface area contributed by atoms with Gasteiger partial charge in [-0.15, -0.1) is 0 Å². The molecule has 0 aliphatic rings. The van der Waals surface area contributed by atoms with E-state index in [-0.39, 0.29) is 18.9 Å². The summed E-state index contributed by atoms with van der Waals surface area (Å²) in [6.45, 7) is 4.22. The van der Waals surface area contributed by atoms with Crippen molar-refractivity contribution in [2.45, 2.75) is 244 Å². The molecule has 0 aromatic heterocycles. The molecule has 0 bridgehead atoms. The van der Waals surface area contributed by atoms with E-state index in [2.05, 4.69) is 19.2 Å². The third kappa shape index (κ3) is 34.7. The Hall–Kier alpha value is -0.910. The van der Waals surface area contributed by atoms with Gasteiger partial charge in [0, 0.05) is 0 Å². The van der Waals surface area contributed by atoms with Crippen LogP contribution in [0.4, 0.5) is 0 Å². The highest BCUT2D eigenvalue weighted by atomic mass is 16.3. The predicted molar refractivity (Wildman–Crippen MR) is 204 cm³/mol. The first-order valence-electron chi connectivity index (χ1n) is 21.0. The summed E-state index contributed by atoms with van der Waals surface area (Å²) >= 11 is 0. The van der Waals surface area contributed by atoms with E-state index in [4.69, 9.17) is 0 Å². The molecule has 4 N–H and O–H groups in total. The van der Waals surface area contributed by atoms with E-state index in [9.17, 15) is 20.1 Å². The second kappa shape index (κ2) is 37.9. The monoisotopic (exact) mass is 666 g/mol. The van der Waals surface area contributed by atoms with Gasteiger partial charge in [0.25, 0.3) is 0 Å². The van der Waals surface area contributed by atoms with E-state index in [1.807, 2.05) is 6.08 Å². The number of carbonyl (C=O) groups excluding carboxylic acids is 1. The zero-order chi connectivity index (χ0) is 34.5. The molecule has 0 aromatic rings. The fourth-order valence-electron chi connectivity index (χ4n) is 6.58. The first-order valence-corrected chi connectivity index (χ1v) is 21.0. The van der Waals surface area contributed by atoms with Gasteiger partial charge >= 0.3 is 0 Å². The molecule has 0 radical (unpaired) electrons. The molecule has 0 aliphatic heterocycles. The number of hydrogen-bond acceptors (Lipinski definition) is 4. The second-order valence-corrected chi connectivity index (χ2v) is 14.6. The van der Waals surface area contributed by atoms with Crippen molar-refractivity contribution in [1.82, 2.24) is 5.32 Å². The van der Waals surface area contributed by atoms with Gasteiger partial charge in [-0.05, 0) is 19.3 Å². The van der Waals surface area contributed by atoms with Crippen LogP contribution in [0.5, 0.6) is 0 Å². The molecule has 3 unspecified atom stereocenters. The summed E-state index contributed by atoms with van der Waals surface area (Å²) in [6.07, 6.45) is 43.4. The van der Waals surface area contributed by atoms with E-state index in [1.54, 1.807) is 6.08 Å². The number of aliphatic hydroxyl groups is 3. The number of nitrogens with one attached hydrogen (secondary N) is 1. The summed E-state index contributed by atoms with van der Waals surface area (Å²) in [5.74, 6) is -0.313. The number of hydrogen-bond donors (Lipinski definition) is 4. The van der Waals surface area contributed by atoms with Crippen molar-refractivity contribution in [3.8, 4) is 0 Å². The largest absolute Gasteiger partial charge is 0.394 e. The number of amides is 1. The lowest BCUT2D eigenvalue weighted by Crippen LogP contribution is -2.45. The lowest BCUT2D eigenvalue weighted by Gasteiger charge is -2.21. The zero-order valence-corrected chi connectivity index (χ0v) is 31.7. The fraction of sp³-hybridized carbons (Fsp3) is 0.929. The molecule has 0 rings (SSSR count). The van der Waals surface area contributed by atoms with E-state index in [0.29, 0.717) is 6.42 Å². The Morgan fingerprint density at radius 1 is 0.532 bits per heavy atom. The minimum atomic E-state index is -0.923. The molecule has 0 fully saturated rings. The molecule has 3 atom stereocenters. The van der Waals surface area contributed by atoms with Gasteiger partial charge in [-0.25, -0.2) is 0 Å². The van der Waals surface area contributed by atoms with Crippen molar-refractivity contribution in [3.05, 3.63) is 12.2 Å². The van der Waals surface area contributed by atoms with E-state index >= 15 is 0 Å². The highest BCUT2D eigenvalue weighted by molar-refractivity contribution is 5.76. The van der Waals surface area contributed by atoms with Crippen molar-refractivity contribution in [3.63, 3.8) is 0 Å². The van der Waals surface area contributed by atoms with Crippen molar-refractivity contribution in [2.75, 3.05) is 6.61 Å². The smallest absolute Gasteiger partial charge is 0.222 e. The lowest BCUT2D eigenvalue weighted by molar-refractivity contribution is -0.124. The molecule has 5 nitrogen and oxygen atoms in total. The minimum absolute atomic E-state index is 0.0186. The maximum atomic E-state index is 12.4. The van der Waals surface area contributed by atoms with E-state index in [0.717, 1.165) is 25.7 Å². The molecule has 0 saturated heterocycles. The van der Waals surface area contributed by atoms with Crippen LogP contribution in [0.25, 0.3) is 0 Å². The predicted octanol–water partition coefficient (Wildman–Crippen LogP) is 11.7. The summed E-state index contributed by atoms with van der Waals surface area (Å²) in [7, 11) is 0. The minimum Gasteiger partial charge on any atom is -0.394 e. The Bertz CT molecular complexity index is 655. The number of carbonyl (C=O) groups is 1. The summed E-state index contributed by atoms with van der Waals surface area (Å²) in [4.78, 5) is 12.4. The Kier molecular flexibility index (Phi) is 37.2. The number of rotatable bonds is 38. The van der Waals surface area contributed by atoms with Crippen LogP contribution < -0.4 is 5.32 Å². The number of aliphatic hydroxyl groups excluding tert-OH is 3. The summed E-state index contributed by atoms with van der Waals surface area (Å²) in [5, 5.41) is 33.2. The fourth-order valence-corrected chi connectivity index (χ4v) is 6.58. The van der Waals surface area contributed by atoms with Gasteiger partial charge in [0.15, 0.2) is 0 Å². The molecular weight excluding hydrogens is 582 g/mol. The second-order valence-electron chi connectivity index (χ2n) is 14.6. The number of allylic oxidation sites excluding steroid dienone is 1. The maximum absolute atomic E-state index is 12.4. The topological polar surface area (TPSA) is 89.8 Å². The van der Waals surface area contributed by atoms with Crippen LogP contribution in [0.15, 0.2) is 12.2 Å². The Balaban J connectivity index is 3.65. The highest BCUT2D eigenvalue weighted by Gasteiger charge is 2.20. The first kappa shape index (κ1) is 46.1. The van der Waals surface area contributed by atoms with Gasteiger partial charge in [0.05, 0.1) is 31.3 Å². The van der Waals surface area contributed by atoms with Crippen LogP contribution in [-0.4, -0.2) is 46.1 Å². The molecular formula is C42H83NO4. The van der Waals surface area contributed by atoms with Gasteiger partial charge in [0.1, 0.15) is 0 Å². The Labute approximate surface area is 293 Å². The highest BCUT2D eigenvalue weighted by Crippen LogP contribution is 2.16. The van der Waals surface area contributed by atoms with Crippen molar-refractivity contribution < 1.29 is 20.1 Å². The summed E-state index contributed by atoms with van der Waals surface area (Å²) in [5.41, 5.74) is 0. The van der Waals surface area contributed by atoms with E-state index in [1.165, 1.54) is 173 Å².